The van der Waals surface area contributed by atoms with Gasteiger partial charge in [-0.15, -0.1) is 0 Å². The van der Waals surface area contributed by atoms with E-state index in [4.69, 9.17) is 4.74 Å². The van der Waals surface area contributed by atoms with Gasteiger partial charge in [0, 0.05) is 31.9 Å². The number of morpholine rings is 1. The number of anilines is 1. The summed E-state index contributed by atoms with van der Waals surface area (Å²) in [7, 11) is 0. The van der Waals surface area contributed by atoms with Crippen LogP contribution in [0.25, 0.3) is 0 Å². The minimum absolute atomic E-state index is 0.0302. The van der Waals surface area contributed by atoms with Gasteiger partial charge in [0.15, 0.2) is 0 Å². The molecule has 0 spiro atoms. The van der Waals surface area contributed by atoms with Crippen molar-refractivity contribution in [2.45, 2.75) is 19.5 Å². The van der Waals surface area contributed by atoms with Crippen LogP contribution in [0.2, 0.25) is 0 Å². The van der Waals surface area contributed by atoms with Gasteiger partial charge in [-0.2, -0.15) is 5.10 Å². The number of nitrogens with zero attached hydrogens (tertiary/aromatic N) is 3. The lowest BCUT2D eigenvalue weighted by molar-refractivity contribution is 0.0360. The third-order valence-corrected chi connectivity index (χ3v) is 4.11. The Bertz CT molecular complexity index is 625. The third-order valence-electron chi connectivity index (χ3n) is 4.11. The van der Waals surface area contributed by atoms with E-state index in [1.165, 1.54) is 6.07 Å². The third kappa shape index (κ3) is 4.53. The summed E-state index contributed by atoms with van der Waals surface area (Å²) in [4.78, 5) is 2.38. The van der Waals surface area contributed by atoms with Crippen molar-refractivity contribution in [1.29, 1.82) is 0 Å². The fraction of sp³-hybridized carbons (Fsp3) is 0.471. The number of ether oxygens (including phenoxy) is 1. The molecule has 1 saturated heterocycles. The van der Waals surface area contributed by atoms with Crippen molar-refractivity contribution in [1.82, 2.24) is 14.7 Å². The first-order valence-electron chi connectivity index (χ1n) is 8.05. The first-order chi connectivity index (χ1) is 11.2. The summed E-state index contributed by atoms with van der Waals surface area (Å²) in [5.74, 6) is -0.211. The Morgan fingerprint density at radius 3 is 2.91 bits per heavy atom. The van der Waals surface area contributed by atoms with Crippen molar-refractivity contribution in [3.63, 3.8) is 0 Å². The second kappa shape index (κ2) is 7.57. The average molecular weight is 318 g/mol. The molecule has 0 radical (unpaired) electrons. The van der Waals surface area contributed by atoms with E-state index in [0.717, 1.165) is 50.6 Å². The highest BCUT2D eigenvalue weighted by Gasteiger charge is 2.11. The van der Waals surface area contributed by atoms with Gasteiger partial charge in [-0.3, -0.25) is 9.58 Å². The van der Waals surface area contributed by atoms with Crippen molar-refractivity contribution >= 4 is 5.69 Å². The van der Waals surface area contributed by atoms with E-state index in [2.05, 4.69) is 15.3 Å². The SMILES string of the molecule is CC(Nc1cnn(CCN2CCOCC2)c1)c1cccc(F)c1. The topological polar surface area (TPSA) is 42.3 Å². The number of halogens is 1. The number of rotatable bonds is 6. The lowest BCUT2D eigenvalue weighted by Crippen LogP contribution is -2.38. The number of nitrogens with one attached hydrogen (secondary N) is 1. The molecule has 6 heteroatoms. The molecule has 0 amide bonds. The highest BCUT2D eigenvalue weighted by Crippen LogP contribution is 2.19. The molecule has 23 heavy (non-hydrogen) atoms. The fourth-order valence-electron chi connectivity index (χ4n) is 2.74. The standard InChI is InChI=1S/C17H23FN4O/c1-14(15-3-2-4-16(18)11-15)20-17-12-19-22(13-17)6-5-21-7-9-23-10-8-21/h2-4,11-14,20H,5-10H2,1H3. The maximum atomic E-state index is 13.3. The zero-order chi connectivity index (χ0) is 16.1. The Labute approximate surface area is 136 Å². The maximum absolute atomic E-state index is 13.3. The van der Waals surface area contributed by atoms with Crippen LogP contribution in [0, 0.1) is 5.82 Å². The highest BCUT2D eigenvalue weighted by atomic mass is 19.1. The van der Waals surface area contributed by atoms with Gasteiger partial charge in [-0.05, 0) is 24.6 Å². The van der Waals surface area contributed by atoms with Crippen molar-refractivity contribution in [2.75, 3.05) is 38.2 Å². The lowest BCUT2D eigenvalue weighted by atomic mass is 10.1. The van der Waals surface area contributed by atoms with E-state index < -0.39 is 0 Å². The van der Waals surface area contributed by atoms with Crippen molar-refractivity contribution in [3.05, 3.63) is 48.0 Å². The van der Waals surface area contributed by atoms with Crippen LogP contribution in [-0.4, -0.2) is 47.5 Å². The van der Waals surface area contributed by atoms with Gasteiger partial charge in [0.1, 0.15) is 5.82 Å². The quantitative estimate of drug-likeness (QED) is 0.889. The summed E-state index contributed by atoms with van der Waals surface area (Å²) in [6, 6.07) is 6.70. The molecule has 5 nitrogen and oxygen atoms in total. The van der Waals surface area contributed by atoms with Gasteiger partial charge in [-0.25, -0.2) is 4.39 Å². The Hall–Kier alpha value is -1.92. The first kappa shape index (κ1) is 16.0. The maximum Gasteiger partial charge on any atom is 0.123 e. The lowest BCUT2D eigenvalue weighted by Gasteiger charge is -2.26. The van der Waals surface area contributed by atoms with Crippen LogP contribution in [0.3, 0.4) is 0 Å². The molecule has 1 unspecified atom stereocenters. The molecule has 0 saturated carbocycles. The number of hydrogen-bond donors (Lipinski definition) is 1. The zero-order valence-electron chi connectivity index (χ0n) is 13.4. The molecule has 2 heterocycles. The van der Waals surface area contributed by atoms with Gasteiger partial charge in [-0.1, -0.05) is 12.1 Å². The molecule has 1 aromatic heterocycles. The van der Waals surface area contributed by atoms with E-state index in [-0.39, 0.29) is 11.9 Å². The molecule has 3 rings (SSSR count). The van der Waals surface area contributed by atoms with E-state index in [1.54, 1.807) is 12.1 Å². The van der Waals surface area contributed by atoms with Crippen LogP contribution >= 0.6 is 0 Å². The molecule has 1 aliphatic rings. The Morgan fingerprint density at radius 2 is 2.13 bits per heavy atom. The molecule has 1 N–H and O–H groups in total. The summed E-state index contributed by atoms with van der Waals surface area (Å²) in [6.45, 7) is 7.46. The predicted octanol–water partition coefficient (Wildman–Crippen LogP) is 2.53. The summed E-state index contributed by atoms with van der Waals surface area (Å²) >= 11 is 0. The second-order valence-electron chi connectivity index (χ2n) is 5.87. The number of benzene rings is 1. The number of aromatic nitrogens is 2. The van der Waals surface area contributed by atoms with Crippen LogP contribution in [0.1, 0.15) is 18.5 Å². The van der Waals surface area contributed by atoms with E-state index in [9.17, 15) is 4.39 Å². The minimum atomic E-state index is -0.211. The summed E-state index contributed by atoms with van der Waals surface area (Å²) in [5, 5.41) is 7.75. The molecule has 1 aliphatic heterocycles. The van der Waals surface area contributed by atoms with E-state index in [0.29, 0.717) is 0 Å². The van der Waals surface area contributed by atoms with Crippen molar-refractivity contribution in [3.8, 4) is 0 Å². The van der Waals surface area contributed by atoms with Crippen LogP contribution < -0.4 is 5.32 Å². The molecular weight excluding hydrogens is 295 g/mol. The van der Waals surface area contributed by atoms with Crippen molar-refractivity contribution in [2.24, 2.45) is 0 Å². The zero-order valence-corrected chi connectivity index (χ0v) is 13.4. The molecule has 124 valence electrons. The van der Waals surface area contributed by atoms with Crippen molar-refractivity contribution < 1.29 is 9.13 Å². The summed E-state index contributed by atoms with van der Waals surface area (Å²) in [5.41, 5.74) is 1.87. The average Bonchev–Trinajstić information content (AvgIpc) is 3.01. The normalized spacial score (nSPS) is 17.1. The molecule has 1 aromatic carbocycles. The predicted molar refractivity (Wildman–Crippen MR) is 87.9 cm³/mol. The smallest absolute Gasteiger partial charge is 0.123 e. The van der Waals surface area contributed by atoms with Gasteiger partial charge < -0.3 is 10.1 Å². The Morgan fingerprint density at radius 1 is 1.30 bits per heavy atom. The van der Waals surface area contributed by atoms with Gasteiger partial charge >= 0.3 is 0 Å². The Balaban J connectivity index is 1.52. The highest BCUT2D eigenvalue weighted by molar-refractivity contribution is 5.41. The van der Waals surface area contributed by atoms with Crippen LogP contribution in [0.4, 0.5) is 10.1 Å². The van der Waals surface area contributed by atoms with E-state index in [1.807, 2.05) is 30.1 Å². The van der Waals surface area contributed by atoms with Gasteiger partial charge in [0.25, 0.3) is 0 Å². The van der Waals surface area contributed by atoms with Gasteiger partial charge in [0.2, 0.25) is 0 Å². The Kier molecular flexibility index (Phi) is 5.25. The molecule has 0 aliphatic carbocycles. The molecule has 0 bridgehead atoms. The minimum Gasteiger partial charge on any atom is -0.379 e. The van der Waals surface area contributed by atoms with Crippen LogP contribution in [0.15, 0.2) is 36.7 Å². The summed E-state index contributed by atoms with van der Waals surface area (Å²) in [6.07, 6.45) is 3.81. The summed E-state index contributed by atoms with van der Waals surface area (Å²) < 4.78 is 20.6. The van der Waals surface area contributed by atoms with Crippen LogP contribution in [-0.2, 0) is 11.3 Å². The van der Waals surface area contributed by atoms with Gasteiger partial charge in [0.05, 0.1) is 31.6 Å². The molecule has 2 aromatic rings. The molecule has 1 atom stereocenters. The fourth-order valence-corrected chi connectivity index (χ4v) is 2.74. The monoisotopic (exact) mass is 318 g/mol. The first-order valence-corrected chi connectivity index (χ1v) is 8.05. The molecular formula is C17H23FN4O. The second-order valence-corrected chi connectivity index (χ2v) is 5.87. The number of hydrogen-bond acceptors (Lipinski definition) is 4. The largest absolute Gasteiger partial charge is 0.379 e. The van der Waals surface area contributed by atoms with E-state index >= 15 is 0 Å². The van der Waals surface area contributed by atoms with Crippen LogP contribution in [0.5, 0.6) is 0 Å². The molecule has 1 fully saturated rings.